The van der Waals surface area contributed by atoms with E-state index in [1.54, 1.807) is 32.4 Å². The Morgan fingerprint density at radius 1 is 1.00 bits per heavy atom. The van der Waals surface area contributed by atoms with Crippen LogP contribution in [0, 0.1) is 0 Å². The third-order valence-electron chi connectivity index (χ3n) is 5.02. The summed E-state index contributed by atoms with van der Waals surface area (Å²) in [5, 5.41) is 0. The van der Waals surface area contributed by atoms with Crippen molar-refractivity contribution in [1.82, 2.24) is 0 Å². The lowest BCUT2D eigenvalue weighted by Crippen LogP contribution is -2.21. The van der Waals surface area contributed by atoms with Gasteiger partial charge in [0.1, 0.15) is 11.5 Å². The average molecular weight is 380 g/mol. The fraction of sp³-hybridized carbons (Fsp3) is 0.273. The van der Waals surface area contributed by atoms with E-state index in [1.807, 2.05) is 26.0 Å². The molecule has 28 heavy (non-hydrogen) atoms. The quantitative estimate of drug-likeness (QED) is 0.455. The van der Waals surface area contributed by atoms with Gasteiger partial charge in [0.15, 0.2) is 17.3 Å². The number of hydrogen-bond acceptors (Lipinski definition) is 6. The van der Waals surface area contributed by atoms with Crippen molar-refractivity contribution in [3.63, 3.8) is 0 Å². The number of fused-ring (bicyclic) bond motifs is 3. The molecule has 0 N–H and O–H groups in total. The molecular formula is C22H20O6. The normalized spacial score (nSPS) is 17.4. The van der Waals surface area contributed by atoms with Gasteiger partial charge in [-0.05, 0) is 49.2 Å². The highest BCUT2D eigenvalue weighted by Crippen LogP contribution is 2.49. The molecule has 0 saturated carbocycles. The summed E-state index contributed by atoms with van der Waals surface area (Å²) in [4.78, 5) is 24.9. The van der Waals surface area contributed by atoms with Crippen LogP contribution in [0.1, 0.15) is 47.7 Å². The van der Waals surface area contributed by atoms with Crippen molar-refractivity contribution in [2.45, 2.75) is 26.2 Å². The molecule has 0 spiro atoms. The maximum atomic E-state index is 12.7. The lowest BCUT2D eigenvalue weighted by molar-refractivity contribution is -0.135. The first-order chi connectivity index (χ1) is 13.4. The Balaban J connectivity index is 1.90. The molecule has 1 atom stereocenters. The molecule has 4 rings (SSSR count). The number of esters is 1. The molecule has 2 aliphatic rings. The Bertz CT molecular complexity index is 1030. The molecular weight excluding hydrogens is 360 g/mol. The summed E-state index contributed by atoms with van der Waals surface area (Å²) < 4.78 is 22.1. The average Bonchev–Trinajstić information content (AvgIpc) is 3.03. The van der Waals surface area contributed by atoms with Crippen molar-refractivity contribution in [2.24, 2.45) is 0 Å². The Hall–Kier alpha value is -3.28. The maximum absolute atomic E-state index is 12.7. The van der Waals surface area contributed by atoms with E-state index in [1.165, 1.54) is 0 Å². The summed E-state index contributed by atoms with van der Waals surface area (Å²) in [7, 11) is 3.13. The summed E-state index contributed by atoms with van der Waals surface area (Å²) in [5.74, 6) is 1.56. The number of Topliss-reactive ketones (excluding diaryl/α,β-unsaturated/α-hetero) is 1. The van der Waals surface area contributed by atoms with Crippen LogP contribution in [-0.2, 0) is 4.79 Å². The van der Waals surface area contributed by atoms with Crippen molar-refractivity contribution >= 4 is 11.8 Å². The second-order valence-electron chi connectivity index (χ2n) is 6.96. The van der Waals surface area contributed by atoms with Crippen molar-refractivity contribution in [3.8, 4) is 23.0 Å². The monoisotopic (exact) mass is 380 g/mol. The molecule has 2 aromatic carbocycles. The van der Waals surface area contributed by atoms with E-state index in [0.29, 0.717) is 39.9 Å². The first kappa shape index (κ1) is 18.1. The lowest BCUT2D eigenvalue weighted by Gasteiger charge is -2.26. The van der Waals surface area contributed by atoms with Gasteiger partial charge in [-0.2, -0.15) is 0 Å². The lowest BCUT2D eigenvalue weighted by atomic mass is 9.84. The van der Waals surface area contributed by atoms with Crippen LogP contribution in [0.2, 0.25) is 0 Å². The molecule has 6 nitrogen and oxygen atoms in total. The zero-order valence-corrected chi connectivity index (χ0v) is 16.1. The molecule has 0 amide bonds. The number of ether oxygens (including phenoxy) is 4. The molecule has 0 fully saturated rings. The number of carbonyl (C=O) groups is 2. The predicted octanol–water partition coefficient (Wildman–Crippen LogP) is 4.01. The highest BCUT2D eigenvalue weighted by molar-refractivity contribution is 6.13. The molecule has 0 radical (unpaired) electrons. The van der Waals surface area contributed by atoms with E-state index in [0.717, 1.165) is 11.1 Å². The van der Waals surface area contributed by atoms with Gasteiger partial charge in [-0.25, -0.2) is 0 Å². The van der Waals surface area contributed by atoms with Gasteiger partial charge >= 0.3 is 5.97 Å². The van der Waals surface area contributed by atoms with Crippen LogP contribution < -0.4 is 18.9 Å². The van der Waals surface area contributed by atoms with Crippen LogP contribution in [0.5, 0.6) is 23.0 Å². The summed E-state index contributed by atoms with van der Waals surface area (Å²) in [6, 6.07) is 8.83. The molecule has 1 unspecified atom stereocenters. The summed E-state index contributed by atoms with van der Waals surface area (Å²) in [6.45, 7) is 3.66. The summed E-state index contributed by atoms with van der Waals surface area (Å²) in [5.41, 5.74) is 2.84. The predicted molar refractivity (Wildman–Crippen MR) is 101 cm³/mol. The molecule has 0 bridgehead atoms. The topological polar surface area (TPSA) is 71.1 Å². The maximum Gasteiger partial charge on any atom is 0.312 e. The molecule has 2 aromatic rings. The van der Waals surface area contributed by atoms with E-state index in [4.69, 9.17) is 18.9 Å². The largest absolute Gasteiger partial charge is 0.493 e. The smallest absolute Gasteiger partial charge is 0.312 e. The molecule has 0 aliphatic carbocycles. The standard InChI is InChI=1S/C22H20O6/c1-11(2)21-20(24)13-6-8-16-19(22(13)28-21)14(10-18(23)27-16)12-5-7-15(25-3)17(9-12)26-4/h5-9,14H,10H2,1-4H3. The Labute approximate surface area is 162 Å². The van der Waals surface area contributed by atoms with Crippen LogP contribution in [0.3, 0.4) is 0 Å². The van der Waals surface area contributed by atoms with Gasteiger partial charge in [-0.1, -0.05) is 6.07 Å². The third-order valence-corrected chi connectivity index (χ3v) is 5.02. The van der Waals surface area contributed by atoms with Crippen LogP contribution in [0.25, 0.3) is 0 Å². The Morgan fingerprint density at radius 3 is 2.43 bits per heavy atom. The van der Waals surface area contributed by atoms with Crippen LogP contribution in [-0.4, -0.2) is 26.0 Å². The number of benzene rings is 2. The minimum Gasteiger partial charge on any atom is -0.493 e. The van der Waals surface area contributed by atoms with E-state index in [9.17, 15) is 9.59 Å². The zero-order valence-electron chi connectivity index (χ0n) is 16.1. The van der Waals surface area contributed by atoms with Gasteiger partial charge in [0, 0.05) is 11.5 Å². The van der Waals surface area contributed by atoms with E-state index in [-0.39, 0.29) is 24.1 Å². The number of ketones is 1. The second kappa shape index (κ2) is 6.71. The first-order valence-corrected chi connectivity index (χ1v) is 8.94. The highest BCUT2D eigenvalue weighted by atomic mass is 16.5. The highest BCUT2D eigenvalue weighted by Gasteiger charge is 2.39. The minimum absolute atomic E-state index is 0.140. The van der Waals surface area contributed by atoms with Gasteiger partial charge in [0.25, 0.3) is 0 Å². The fourth-order valence-electron chi connectivity index (χ4n) is 3.68. The molecule has 0 saturated heterocycles. The Kier molecular flexibility index (Phi) is 4.34. The molecule has 2 heterocycles. The van der Waals surface area contributed by atoms with Crippen molar-refractivity contribution in [3.05, 3.63) is 58.4 Å². The number of methoxy groups -OCH3 is 2. The molecule has 144 valence electrons. The molecule has 6 heteroatoms. The fourth-order valence-corrected chi connectivity index (χ4v) is 3.68. The molecule has 2 aliphatic heterocycles. The number of hydrogen-bond donors (Lipinski definition) is 0. The van der Waals surface area contributed by atoms with Gasteiger partial charge in [-0.15, -0.1) is 0 Å². The summed E-state index contributed by atoms with van der Waals surface area (Å²) in [6.07, 6.45) is 0.140. The number of carbonyl (C=O) groups excluding carboxylic acids is 2. The van der Waals surface area contributed by atoms with E-state index in [2.05, 4.69) is 0 Å². The van der Waals surface area contributed by atoms with Gasteiger partial charge in [0.05, 0.1) is 26.2 Å². The van der Waals surface area contributed by atoms with Crippen molar-refractivity contribution < 1.29 is 28.5 Å². The van der Waals surface area contributed by atoms with Crippen molar-refractivity contribution in [2.75, 3.05) is 14.2 Å². The second-order valence-corrected chi connectivity index (χ2v) is 6.96. The van der Waals surface area contributed by atoms with Gasteiger partial charge in [-0.3, -0.25) is 9.59 Å². The number of allylic oxidation sites excluding steroid dienone is 2. The molecule has 0 aromatic heterocycles. The minimum atomic E-state index is -0.334. The summed E-state index contributed by atoms with van der Waals surface area (Å²) >= 11 is 0. The van der Waals surface area contributed by atoms with Gasteiger partial charge < -0.3 is 18.9 Å². The SMILES string of the molecule is COc1ccc(C2CC(=O)Oc3ccc4c(c32)OC(=C(C)C)C4=O)cc1OC. The van der Waals surface area contributed by atoms with Crippen molar-refractivity contribution in [1.29, 1.82) is 0 Å². The van der Waals surface area contributed by atoms with Gasteiger partial charge in [0.2, 0.25) is 5.78 Å². The third kappa shape index (κ3) is 2.72. The van der Waals surface area contributed by atoms with Crippen LogP contribution in [0.15, 0.2) is 41.7 Å². The zero-order chi connectivity index (χ0) is 20.0. The Morgan fingerprint density at radius 2 is 1.75 bits per heavy atom. The first-order valence-electron chi connectivity index (χ1n) is 8.94. The van der Waals surface area contributed by atoms with E-state index >= 15 is 0 Å². The van der Waals surface area contributed by atoms with Crippen LogP contribution in [0.4, 0.5) is 0 Å². The number of rotatable bonds is 3. The van der Waals surface area contributed by atoms with E-state index < -0.39 is 0 Å². The van der Waals surface area contributed by atoms with Crippen LogP contribution >= 0.6 is 0 Å².